The molecule has 6 heteroatoms. The van der Waals surface area contributed by atoms with Crippen molar-refractivity contribution in [3.63, 3.8) is 0 Å². The van der Waals surface area contributed by atoms with Crippen LogP contribution in [0.5, 0.6) is 0 Å². The van der Waals surface area contributed by atoms with Crippen LogP contribution in [0, 0.1) is 0 Å². The summed E-state index contributed by atoms with van der Waals surface area (Å²) in [7, 11) is 1.64. The molecule has 0 rings (SSSR count). The number of carboxylic acids is 1. The summed E-state index contributed by atoms with van der Waals surface area (Å²) in [5.41, 5.74) is 0. The molecule has 0 aromatic heterocycles. The first-order valence-electron chi connectivity index (χ1n) is 3.75. The minimum Gasteiger partial charge on any atom is -0.481 e. The van der Waals surface area contributed by atoms with E-state index in [1.807, 2.05) is 0 Å². The van der Waals surface area contributed by atoms with Gasteiger partial charge in [-0.15, -0.1) is 0 Å². The monoisotopic (exact) mass is 204 g/mol. The minimum atomic E-state index is -0.968. The molecule has 0 saturated heterocycles. The number of hydrogen-bond acceptors (Lipinski definition) is 3. The maximum Gasteiger partial charge on any atom is 0.303 e. The van der Waals surface area contributed by atoms with E-state index in [9.17, 15) is 9.59 Å². The summed E-state index contributed by atoms with van der Waals surface area (Å²) in [5.74, 6) is -1.13. The molecular formula is C7H12N2O3S. The van der Waals surface area contributed by atoms with Crippen molar-refractivity contribution >= 4 is 29.1 Å². The highest BCUT2D eigenvalue weighted by molar-refractivity contribution is 7.80. The van der Waals surface area contributed by atoms with Gasteiger partial charge < -0.3 is 15.7 Å². The highest BCUT2D eigenvalue weighted by atomic mass is 32.1. The summed E-state index contributed by atoms with van der Waals surface area (Å²) >= 11 is 4.72. The Hall–Kier alpha value is -1.17. The Morgan fingerprint density at radius 3 is 2.46 bits per heavy atom. The summed E-state index contributed by atoms with van der Waals surface area (Å²) < 4.78 is 0. The molecule has 0 aromatic rings. The average Bonchev–Trinajstić information content (AvgIpc) is 2.10. The van der Waals surface area contributed by atoms with Crippen molar-refractivity contribution in [1.82, 2.24) is 10.6 Å². The van der Waals surface area contributed by atoms with Gasteiger partial charge in [0.25, 0.3) is 0 Å². The molecule has 0 aliphatic carbocycles. The normalized spacial score (nSPS) is 9.00. The number of thiocarbonyl (C=S) groups is 1. The van der Waals surface area contributed by atoms with Gasteiger partial charge in [-0.25, -0.2) is 0 Å². The van der Waals surface area contributed by atoms with Gasteiger partial charge in [-0.2, -0.15) is 0 Å². The van der Waals surface area contributed by atoms with E-state index in [1.165, 1.54) is 0 Å². The van der Waals surface area contributed by atoms with Gasteiger partial charge in [0.1, 0.15) is 0 Å². The van der Waals surface area contributed by atoms with Gasteiger partial charge >= 0.3 is 5.97 Å². The second kappa shape index (κ2) is 6.36. The van der Waals surface area contributed by atoms with Crippen LogP contribution in [0.4, 0.5) is 0 Å². The van der Waals surface area contributed by atoms with Gasteiger partial charge in [-0.3, -0.25) is 9.59 Å². The number of carboxylic acid groups (broad SMARTS) is 1. The molecule has 0 bridgehead atoms. The summed E-state index contributed by atoms with van der Waals surface area (Å²) in [5, 5.41) is 13.9. The lowest BCUT2D eigenvalue weighted by atomic mass is 10.2. The lowest BCUT2D eigenvalue weighted by Gasteiger charge is -2.04. The predicted molar refractivity (Wildman–Crippen MR) is 51.5 cm³/mol. The second-order valence-electron chi connectivity index (χ2n) is 2.37. The van der Waals surface area contributed by atoms with Crippen LogP contribution in [0.1, 0.15) is 12.8 Å². The highest BCUT2D eigenvalue weighted by Gasteiger charge is 2.05. The standard InChI is InChI=1S/C7H12N2O3S/c1-8-7(13)9-4-5(10)2-3-6(11)12/h2-4H2,1H3,(H,11,12)(H2,8,9,13). The van der Waals surface area contributed by atoms with E-state index >= 15 is 0 Å². The van der Waals surface area contributed by atoms with E-state index in [2.05, 4.69) is 10.6 Å². The molecule has 0 spiro atoms. The Kier molecular flexibility index (Phi) is 5.79. The first kappa shape index (κ1) is 11.8. The number of ketones is 1. The summed E-state index contributed by atoms with van der Waals surface area (Å²) in [6, 6.07) is 0. The third-order valence-electron chi connectivity index (χ3n) is 1.29. The van der Waals surface area contributed by atoms with Crippen LogP contribution in [0.3, 0.4) is 0 Å². The zero-order valence-corrected chi connectivity index (χ0v) is 8.11. The van der Waals surface area contributed by atoms with Crippen LogP contribution in [0.2, 0.25) is 0 Å². The maximum absolute atomic E-state index is 11.0. The largest absolute Gasteiger partial charge is 0.481 e. The van der Waals surface area contributed by atoms with Crippen LogP contribution in [-0.2, 0) is 9.59 Å². The molecule has 0 aliphatic heterocycles. The predicted octanol–water partition coefficient (Wildman–Crippen LogP) is -0.486. The van der Waals surface area contributed by atoms with E-state index < -0.39 is 5.97 Å². The molecule has 0 heterocycles. The van der Waals surface area contributed by atoms with Gasteiger partial charge in [-0.05, 0) is 12.2 Å². The SMILES string of the molecule is CNC(=S)NCC(=O)CCC(=O)O. The van der Waals surface area contributed by atoms with Crippen molar-refractivity contribution in [2.24, 2.45) is 0 Å². The number of carbonyl (C=O) groups excluding carboxylic acids is 1. The van der Waals surface area contributed by atoms with E-state index in [0.717, 1.165) is 0 Å². The van der Waals surface area contributed by atoms with Crippen molar-refractivity contribution in [3.8, 4) is 0 Å². The fourth-order valence-corrected chi connectivity index (χ4v) is 0.674. The summed E-state index contributed by atoms with van der Waals surface area (Å²) in [6.45, 7) is 0.0763. The average molecular weight is 204 g/mol. The van der Waals surface area contributed by atoms with Gasteiger partial charge in [0.05, 0.1) is 13.0 Å². The quantitative estimate of drug-likeness (QED) is 0.525. The highest BCUT2D eigenvalue weighted by Crippen LogP contribution is 1.89. The second-order valence-corrected chi connectivity index (χ2v) is 2.77. The molecule has 0 atom stereocenters. The van der Waals surface area contributed by atoms with Crippen molar-refractivity contribution in [1.29, 1.82) is 0 Å². The Morgan fingerprint density at radius 1 is 1.38 bits per heavy atom. The lowest BCUT2D eigenvalue weighted by Crippen LogP contribution is -2.36. The minimum absolute atomic E-state index is 0.0364. The van der Waals surface area contributed by atoms with Crippen LogP contribution >= 0.6 is 12.2 Å². The third kappa shape index (κ3) is 7.20. The van der Waals surface area contributed by atoms with Crippen LogP contribution in [-0.4, -0.2) is 35.6 Å². The van der Waals surface area contributed by atoms with Crippen LogP contribution < -0.4 is 10.6 Å². The molecule has 0 aromatic carbocycles. The lowest BCUT2D eigenvalue weighted by molar-refractivity contribution is -0.138. The third-order valence-corrected chi connectivity index (χ3v) is 1.64. The maximum atomic E-state index is 11.0. The number of nitrogens with one attached hydrogen (secondary N) is 2. The molecule has 0 aliphatic rings. The molecule has 0 radical (unpaired) electrons. The zero-order valence-electron chi connectivity index (χ0n) is 7.29. The molecule has 3 N–H and O–H groups in total. The Balaban J connectivity index is 3.52. The number of Topliss-reactive ketones (excluding diaryl/α,β-unsaturated/α-hetero) is 1. The molecule has 74 valence electrons. The molecule has 0 amide bonds. The fourth-order valence-electron chi connectivity index (χ4n) is 0.602. The van der Waals surface area contributed by atoms with E-state index in [1.54, 1.807) is 7.05 Å². The number of carbonyl (C=O) groups is 2. The molecule has 0 unspecified atom stereocenters. The van der Waals surface area contributed by atoms with Crippen LogP contribution in [0.25, 0.3) is 0 Å². The first-order chi connectivity index (χ1) is 6.06. The van der Waals surface area contributed by atoms with Crippen molar-refractivity contribution in [2.45, 2.75) is 12.8 Å². The van der Waals surface area contributed by atoms with Crippen molar-refractivity contribution in [3.05, 3.63) is 0 Å². The van der Waals surface area contributed by atoms with Gasteiger partial charge in [-0.1, -0.05) is 0 Å². The smallest absolute Gasteiger partial charge is 0.303 e. The molecular weight excluding hydrogens is 192 g/mol. The Bertz CT molecular complexity index is 218. The topological polar surface area (TPSA) is 78.4 Å². The van der Waals surface area contributed by atoms with Gasteiger partial charge in [0.15, 0.2) is 10.9 Å². The Labute approximate surface area is 81.5 Å². The molecule has 0 saturated carbocycles. The van der Waals surface area contributed by atoms with Gasteiger partial charge in [0, 0.05) is 13.5 Å². The zero-order chi connectivity index (χ0) is 10.3. The van der Waals surface area contributed by atoms with E-state index in [-0.39, 0.29) is 25.2 Å². The van der Waals surface area contributed by atoms with E-state index in [4.69, 9.17) is 17.3 Å². The summed E-state index contributed by atoms with van der Waals surface area (Å²) in [6.07, 6.45) is -0.0957. The van der Waals surface area contributed by atoms with Crippen molar-refractivity contribution < 1.29 is 14.7 Å². The molecule has 0 fully saturated rings. The molecule has 5 nitrogen and oxygen atoms in total. The first-order valence-corrected chi connectivity index (χ1v) is 4.16. The van der Waals surface area contributed by atoms with Crippen LogP contribution in [0.15, 0.2) is 0 Å². The van der Waals surface area contributed by atoms with Crippen molar-refractivity contribution in [2.75, 3.05) is 13.6 Å². The number of aliphatic carboxylic acids is 1. The number of rotatable bonds is 5. The fraction of sp³-hybridized carbons (Fsp3) is 0.571. The molecule has 13 heavy (non-hydrogen) atoms. The number of hydrogen-bond donors (Lipinski definition) is 3. The van der Waals surface area contributed by atoms with Gasteiger partial charge in [0.2, 0.25) is 0 Å². The van der Waals surface area contributed by atoms with E-state index in [0.29, 0.717) is 5.11 Å². The summed E-state index contributed by atoms with van der Waals surface area (Å²) in [4.78, 5) is 21.0. The Morgan fingerprint density at radius 2 is 2.00 bits per heavy atom.